The van der Waals surface area contributed by atoms with Crippen molar-refractivity contribution in [2.45, 2.75) is 18.8 Å². The van der Waals surface area contributed by atoms with Crippen LogP contribution in [0.25, 0.3) is 0 Å². The van der Waals surface area contributed by atoms with Crippen LogP contribution in [0.4, 0.5) is 0 Å². The molecule has 1 aromatic carbocycles. The average Bonchev–Trinajstić information content (AvgIpc) is 2.32. The molecule has 0 radical (unpaired) electrons. The Morgan fingerprint density at radius 3 is 2.00 bits per heavy atom. The lowest BCUT2D eigenvalue weighted by atomic mass is 9.82. The van der Waals surface area contributed by atoms with E-state index in [9.17, 15) is 8.42 Å². The van der Waals surface area contributed by atoms with Crippen LogP contribution in [-0.2, 0) is 15.3 Å². The summed E-state index contributed by atoms with van der Waals surface area (Å²) in [4.78, 5) is 0. The minimum atomic E-state index is -2.94. The Morgan fingerprint density at radius 2 is 1.61 bits per heavy atom. The van der Waals surface area contributed by atoms with Crippen molar-refractivity contribution in [3.8, 4) is 0 Å². The van der Waals surface area contributed by atoms with Crippen molar-refractivity contribution in [1.29, 1.82) is 0 Å². The molecule has 0 aliphatic carbocycles. The lowest BCUT2D eigenvalue weighted by molar-refractivity contribution is 0.524. The van der Waals surface area contributed by atoms with Crippen LogP contribution in [0.2, 0.25) is 0 Å². The lowest BCUT2D eigenvalue weighted by Gasteiger charge is -2.30. The molecule has 5 heteroatoms. The molecule has 0 bridgehead atoms. The number of aryl methyl sites for hydroxylation is 1. The van der Waals surface area contributed by atoms with Crippen molar-refractivity contribution in [3.05, 3.63) is 35.4 Å². The molecule has 0 N–H and O–H groups in total. The van der Waals surface area contributed by atoms with E-state index in [0.29, 0.717) is 6.42 Å². The maximum absolute atomic E-state index is 11.4. The van der Waals surface area contributed by atoms with Gasteiger partial charge in [0, 0.05) is 22.3 Å². The zero-order chi connectivity index (χ0) is 13.8. The third-order valence-electron chi connectivity index (χ3n) is 3.13. The van der Waals surface area contributed by atoms with E-state index in [0.717, 1.165) is 10.7 Å². The van der Waals surface area contributed by atoms with Gasteiger partial charge in [-0.15, -0.1) is 0 Å². The Hall–Kier alpha value is 0.130. The van der Waals surface area contributed by atoms with E-state index in [-0.39, 0.29) is 11.2 Å². The monoisotopic (exact) mass is 396 g/mol. The number of rotatable bonds is 6. The van der Waals surface area contributed by atoms with Crippen LogP contribution < -0.4 is 0 Å². The number of hydrogen-bond donors (Lipinski definition) is 0. The summed E-state index contributed by atoms with van der Waals surface area (Å²) in [6.07, 6.45) is 1.90. The Labute approximate surface area is 126 Å². The van der Waals surface area contributed by atoms with Crippen LogP contribution in [0.5, 0.6) is 0 Å². The summed E-state index contributed by atoms with van der Waals surface area (Å²) in [5.41, 5.74) is 2.21. The molecule has 0 saturated carbocycles. The minimum Gasteiger partial charge on any atom is -0.229 e. The van der Waals surface area contributed by atoms with Gasteiger partial charge in [0.05, 0.1) is 5.75 Å². The smallest absolute Gasteiger partial charge is 0.147 e. The Morgan fingerprint density at radius 1 is 1.11 bits per heavy atom. The second kappa shape index (κ2) is 6.53. The van der Waals surface area contributed by atoms with Crippen LogP contribution in [0, 0.1) is 6.92 Å². The number of alkyl halides is 2. The predicted octanol–water partition coefficient (Wildman–Crippen LogP) is 3.46. The molecule has 2 nitrogen and oxygen atoms in total. The summed E-state index contributed by atoms with van der Waals surface area (Å²) < 4.78 is 22.7. The molecule has 0 unspecified atom stereocenters. The van der Waals surface area contributed by atoms with E-state index in [4.69, 9.17) is 0 Å². The highest BCUT2D eigenvalue weighted by atomic mass is 79.9. The van der Waals surface area contributed by atoms with Gasteiger partial charge in [0.15, 0.2) is 0 Å². The molecule has 0 saturated heterocycles. The maximum atomic E-state index is 11.4. The fourth-order valence-electron chi connectivity index (χ4n) is 1.76. The highest BCUT2D eigenvalue weighted by Crippen LogP contribution is 2.33. The molecule has 18 heavy (non-hydrogen) atoms. The van der Waals surface area contributed by atoms with Gasteiger partial charge in [0.25, 0.3) is 0 Å². The van der Waals surface area contributed by atoms with Gasteiger partial charge in [-0.05, 0) is 18.9 Å². The van der Waals surface area contributed by atoms with Crippen molar-refractivity contribution in [1.82, 2.24) is 0 Å². The number of halogens is 2. The summed E-state index contributed by atoms with van der Waals surface area (Å²) in [6, 6.07) is 8.30. The summed E-state index contributed by atoms with van der Waals surface area (Å²) in [6.45, 7) is 2.05. The molecule has 102 valence electrons. The third kappa shape index (κ3) is 4.35. The molecule has 0 spiro atoms. The molecule has 0 fully saturated rings. The van der Waals surface area contributed by atoms with Crippen LogP contribution in [0.15, 0.2) is 24.3 Å². The Bertz CT molecular complexity index is 476. The van der Waals surface area contributed by atoms with Gasteiger partial charge in [-0.1, -0.05) is 61.7 Å². The molecular weight excluding hydrogens is 380 g/mol. The first-order chi connectivity index (χ1) is 8.33. The van der Waals surface area contributed by atoms with E-state index >= 15 is 0 Å². The topological polar surface area (TPSA) is 34.1 Å². The maximum Gasteiger partial charge on any atom is 0.147 e. The van der Waals surface area contributed by atoms with Crippen LogP contribution in [-0.4, -0.2) is 31.1 Å². The van der Waals surface area contributed by atoms with Gasteiger partial charge in [0.2, 0.25) is 0 Å². The van der Waals surface area contributed by atoms with E-state index < -0.39 is 9.84 Å². The van der Waals surface area contributed by atoms with Crippen molar-refractivity contribution < 1.29 is 8.42 Å². The van der Waals surface area contributed by atoms with E-state index in [1.54, 1.807) is 0 Å². The van der Waals surface area contributed by atoms with Crippen molar-refractivity contribution in [2.75, 3.05) is 22.7 Å². The van der Waals surface area contributed by atoms with Gasteiger partial charge in [-0.3, -0.25) is 0 Å². The molecular formula is C13H18Br2O2S. The first kappa shape index (κ1) is 16.2. The minimum absolute atomic E-state index is 0.170. The largest absolute Gasteiger partial charge is 0.229 e. The van der Waals surface area contributed by atoms with E-state index in [2.05, 4.69) is 56.1 Å². The van der Waals surface area contributed by atoms with Gasteiger partial charge < -0.3 is 0 Å². The average molecular weight is 398 g/mol. The second-order valence-corrected chi connectivity index (χ2v) is 8.17. The standard InChI is InChI=1S/C13H18Br2O2S/c1-11-3-5-12(6-4-11)13(9-14,10-15)7-8-18(2,16)17/h3-6H,7-10H2,1-2H3. The molecule has 0 aliphatic rings. The quantitative estimate of drug-likeness (QED) is 0.688. The summed E-state index contributed by atoms with van der Waals surface area (Å²) >= 11 is 7.06. The van der Waals surface area contributed by atoms with Crippen molar-refractivity contribution in [2.24, 2.45) is 0 Å². The van der Waals surface area contributed by atoms with E-state index in [1.165, 1.54) is 17.4 Å². The first-order valence-electron chi connectivity index (χ1n) is 5.70. The first-order valence-corrected chi connectivity index (χ1v) is 10.0. The van der Waals surface area contributed by atoms with E-state index in [1.807, 2.05) is 6.92 Å². The highest BCUT2D eigenvalue weighted by Gasteiger charge is 2.31. The molecule has 1 rings (SSSR count). The molecule has 0 amide bonds. The zero-order valence-corrected chi connectivity index (χ0v) is 14.6. The lowest BCUT2D eigenvalue weighted by Crippen LogP contribution is -2.32. The predicted molar refractivity (Wildman–Crippen MR) is 84.8 cm³/mol. The molecule has 0 aromatic heterocycles. The molecule has 1 aromatic rings. The normalized spacial score (nSPS) is 12.7. The molecule has 0 heterocycles. The van der Waals surface area contributed by atoms with Gasteiger partial charge in [-0.2, -0.15) is 0 Å². The van der Waals surface area contributed by atoms with Gasteiger partial charge >= 0.3 is 0 Å². The number of sulfone groups is 1. The highest BCUT2D eigenvalue weighted by molar-refractivity contribution is 9.09. The second-order valence-electron chi connectivity index (χ2n) is 4.79. The summed E-state index contributed by atoms with van der Waals surface area (Å²) in [7, 11) is -2.94. The van der Waals surface area contributed by atoms with Crippen LogP contribution in [0.1, 0.15) is 17.5 Å². The summed E-state index contributed by atoms with van der Waals surface area (Å²) in [5, 5.41) is 1.48. The SMILES string of the molecule is Cc1ccc(C(CBr)(CBr)CCS(C)(=O)=O)cc1. The zero-order valence-electron chi connectivity index (χ0n) is 10.6. The third-order valence-corrected chi connectivity index (χ3v) is 6.22. The Balaban J connectivity index is 3.02. The van der Waals surface area contributed by atoms with Crippen molar-refractivity contribution >= 4 is 41.7 Å². The number of hydrogen-bond acceptors (Lipinski definition) is 2. The molecule has 0 atom stereocenters. The van der Waals surface area contributed by atoms with Gasteiger partial charge in [-0.25, -0.2) is 8.42 Å². The fraction of sp³-hybridized carbons (Fsp3) is 0.538. The Kier molecular flexibility index (Phi) is 5.87. The van der Waals surface area contributed by atoms with Crippen LogP contribution >= 0.6 is 31.9 Å². The van der Waals surface area contributed by atoms with Crippen LogP contribution in [0.3, 0.4) is 0 Å². The van der Waals surface area contributed by atoms with Gasteiger partial charge in [0.1, 0.15) is 9.84 Å². The fourth-order valence-corrected chi connectivity index (χ4v) is 4.65. The summed E-state index contributed by atoms with van der Waals surface area (Å²) in [5.74, 6) is 0.206. The molecule has 0 aliphatic heterocycles. The number of benzene rings is 1. The van der Waals surface area contributed by atoms with Crippen molar-refractivity contribution in [3.63, 3.8) is 0 Å².